The fraction of sp³-hybridized carbons (Fsp3) is 0.286. The molecule has 0 aliphatic rings. The van der Waals surface area contributed by atoms with Crippen LogP contribution in [-0.2, 0) is 0 Å². The summed E-state index contributed by atoms with van der Waals surface area (Å²) in [5.74, 6) is 6.53. The van der Waals surface area contributed by atoms with E-state index in [0.717, 1.165) is 11.4 Å². The summed E-state index contributed by atoms with van der Waals surface area (Å²) in [7, 11) is 0. The number of rotatable bonds is 4. The monoisotopic (exact) mass is 257 g/mol. The van der Waals surface area contributed by atoms with E-state index in [4.69, 9.17) is 5.84 Å². The fourth-order valence-electron chi connectivity index (χ4n) is 2.01. The van der Waals surface area contributed by atoms with Crippen LogP contribution in [0, 0.1) is 13.8 Å². The summed E-state index contributed by atoms with van der Waals surface area (Å²) >= 11 is 0. The normalized spacial score (nSPS) is 12.0. The van der Waals surface area contributed by atoms with Crippen molar-refractivity contribution >= 4 is 11.8 Å². The Morgan fingerprint density at radius 3 is 2.58 bits per heavy atom. The number of nitrogens with one attached hydrogen (secondary N) is 2. The summed E-state index contributed by atoms with van der Waals surface area (Å²) in [5, 5.41) is 3.40. The fourth-order valence-corrected chi connectivity index (χ4v) is 2.01. The Morgan fingerprint density at radius 1 is 1.16 bits per heavy atom. The maximum atomic E-state index is 5.33. The molecule has 0 saturated heterocycles. The maximum Gasteiger partial charge on any atom is 0.239 e. The Labute approximate surface area is 113 Å². The average molecular weight is 257 g/mol. The van der Waals surface area contributed by atoms with Crippen molar-refractivity contribution in [3.05, 3.63) is 47.2 Å². The van der Waals surface area contributed by atoms with Gasteiger partial charge in [0.25, 0.3) is 0 Å². The van der Waals surface area contributed by atoms with E-state index >= 15 is 0 Å². The second kappa shape index (κ2) is 5.67. The molecule has 0 aliphatic heterocycles. The van der Waals surface area contributed by atoms with E-state index < -0.39 is 0 Å². The van der Waals surface area contributed by atoms with Crippen molar-refractivity contribution in [2.75, 3.05) is 10.7 Å². The number of benzene rings is 1. The van der Waals surface area contributed by atoms with E-state index in [2.05, 4.69) is 46.7 Å². The van der Waals surface area contributed by atoms with Crippen LogP contribution in [-0.4, -0.2) is 9.97 Å². The lowest BCUT2D eigenvalue weighted by atomic mass is 10.0. The molecule has 1 heterocycles. The molecule has 1 aromatic carbocycles. The zero-order chi connectivity index (χ0) is 13.8. The second-order valence-electron chi connectivity index (χ2n) is 4.59. The highest BCUT2D eigenvalue weighted by atomic mass is 15.3. The molecule has 5 heteroatoms. The molecule has 0 saturated carbocycles. The number of anilines is 2. The Bertz CT molecular complexity index is 568. The molecule has 100 valence electrons. The van der Waals surface area contributed by atoms with E-state index in [1.54, 1.807) is 6.20 Å². The molecular weight excluding hydrogens is 238 g/mol. The molecule has 4 N–H and O–H groups in total. The van der Waals surface area contributed by atoms with Gasteiger partial charge >= 0.3 is 0 Å². The molecule has 0 radical (unpaired) electrons. The van der Waals surface area contributed by atoms with E-state index in [1.165, 1.54) is 11.1 Å². The minimum atomic E-state index is 0.167. The molecule has 1 aromatic heterocycles. The first-order valence-corrected chi connectivity index (χ1v) is 6.24. The molecule has 0 amide bonds. The molecule has 1 unspecified atom stereocenters. The first-order valence-electron chi connectivity index (χ1n) is 6.24. The predicted octanol–water partition coefficient (Wildman–Crippen LogP) is 2.55. The van der Waals surface area contributed by atoms with Crippen molar-refractivity contribution in [3.63, 3.8) is 0 Å². The van der Waals surface area contributed by atoms with Gasteiger partial charge in [0, 0.05) is 11.8 Å². The Balaban J connectivity index is 2.24. The third-order valence-electron chi connectivity index (χ3n) is 3.11. The number of hydrogen-bond acceptors (Lipinski definition) is 5. The first kappa shape index (κ1) is 13.3. The van der Waals surface area contributed by atoms with Gasteiger partial charge in [0.15, 0.2) is 0 Å². The minimum Gasteiger partial charge on any atom is -0.363 e. The lowest BCUT2D eigenvalue weighted by Crippen LogP contribution is -2.14. The number of nitrogens with zero attached hydrogens (tertiary/aromatic N) is 2. The van der Waals surface area contributed by atoms with Gasteiger partial charge < -0.3 is 5.32 Å². The summed E-state index contributed by atoms with van der Waals surface area (Å²) in [6.45, 7) is 6.18. The van der Waals surface area contributed by atoms with Gasteiger partial charge in [-0.1, -0.05) is 24.3 Å². The van der Waals surface area contributed by atoms with Gasteiger partial charge in [-0.05, 0) is 31.9 Å². The molecule has 1 atom stereocenters. The molecule has 0 bridgehead atoms. The van der Waals surface area contributed by atoms with E-state index in [0.29, 0.717) is 5.95 Å². The molecule has 2 rings (SSSR count). The van der Waals surface area contributed by atoms with Gasteiger partial charge in [0.05, 0.1) is 6.04 Å². The first-order chi connectivity index (χ1) is 9.11. The molecule has 5 nitrogen and oxygen atoms in total. The van der Waals surface area contributed by atoms with Gasteiger partial charge in [0.1, 0.15) is 5.82 Å². The lowest BCUT2D eigenvalue weighted by molar-refractivity contribution is 0.859. The van der Waals surface area contributed by atoms with Crippen molar-refractivity contribution < 1.29 is 0 Å². The number of nitrogen functional groups attached to an aromatic ring is 1. The van der Waals surface area contributed by atoms with Crippen LogP contribution in [0.3, 0.4) is 0 Å². The largest absolute Gasteiger partial charge is 0.363 e. The third-order valence-corrected chi connectivity index (χ3v) is 3.11. The van der Waals surface area contributed by atoms with Crippen LogP contribution >= 0.6 is 0 Å². The molecule has 2 aromatic rings. The highest BCUT2D eigenvalue weighted by Crippen LogP contribution is 2.22. The highest BCUT2D eigenvalue weighted by Gasteiger charge is 2.10. The zero-order valence-electron chi connectivity index (χ0n) is 11.4. The van der Waals surface area contributed by atoms with Crippen molar-refractivity contribution in [3.8, 4) is 0 Å². The average Bonchev–Trinajstić information content (AvgIpc) is 2.41. The van der Waals surface area contributed by atoms with Crippen LogP contribution in [0.25, 0.3) is 0 Å². The van der Waals surface area contributed by atoms with E-state index in [9.17, 15) is 0 Å². The minimum absolute atomic E-state index is 0.167. The van der Waals surface area contributed by atoms with Gasteiger partial charge in [-0.25, -0.2) is 10.8 Å². The molecule has 19 heavy (non-hydrogen) atoms. The van der Waals surface area contributed by atoms with Crippen LogP contribution in [0.4, 0.5) is 11.8 Å². The molecular formula is C14H19N5. The van der Waals surface area contributed by atoms with Crippen LogP contribution in [0.5, 0.6) is 0 Å². The Hall–Kier alpha value is -2.14. The number of hydrazine groups is 1. The number of hydrogen-bond donors (Lipinski definition) is 3. The number of aryl methyl sites for hydroxylation is 2. The molecule has 0 aliphatic carbocycles. The standard InChI is InChI=1S/C14H19N5/c1-9-6-4-5-7-12(9)11(3)17-13-10(2)8-16-14(18-13)19-15/h4-8,11H,15H2,1-3H3,(H2,16,17,18,19). The summed E-state index contributed by atoms with van der Waals surface area (Å²) < 4.78 is 0. The maximum absolute atomic E-state index is 5.33. The van der Waals surface area contributed by atoms with Crippen LogP contribution in [0.15, 0.2) is 30.5 Å². The molecule has 0 spiro atoms. The molecule has 0 fully saturated rings. The van der Waals surface area contributed by atoms with Gasteiger partial charge in [0.2, 0.25) is 5.95 Å². The van der Waals surface area contributed by atoms with Crippen LogP contribution in [0.2, 0.25) is 0 Å². The topological polar surface area (TPSA) is 75.9 Å². The van der Waals surface area contributed by atoms with E-state index in [-0.39, 0.29) is 6.04 Å². The smallest absolute Gasteiger partial charge is 0.239 e. The third kappa shape index (κ3) is 3.00. The van der Waals surface area contributed by atoms with Crippen molar-refractivity contribution in [2.24, 2.45) is 5.84 Å². The van der Waals surface area contributed by atoms with Crippen molar-refractivity contribution in [1.82, 2.24) is 9.97 Å². The second-order valence-corrected chi connectivity index (χ2v) is 4.59. The SMILES string of the molecule is Cc1ccccc1C(C)Nc1nc(NN)ncc1C. The number of aromatic nitrogens is 2. The summed E-state index contributed by atoms with van der Waals surface area (Å²) in [5.41, 5.74) is 5.95. The Kier molecular flexibility index (Phi) is 3.97. The van der Waals surface area contributed by atoms with Gasteiger partial charge in [-0.3, -0.25) is 5.43 Å². The summed E-state index contributed by atoms with van der Waals surface area (Å²) in [6, 6.07) is 8.47. The quantitative estimate of drug-likeness (QED) is 0.579. The zero-order valence-corrected chi connectivity index (χ0v) is 11.4. The van der Waals surface area contributed by atoms with Crippen molar-refractivity contribution in [2.45, 2.75) is 26.8 Å². The summed E-state index contributed by atoms with van der Waals surface area (Å²) in [4.78, 5) is 8.40. The van der Waals surface area contributed by atoms with E-state index in [1.807, 2.05) is 19.1 Å². The Morgan fingerprint density at radius 2 is 1.89 bits per heavy atom. The van der Waals surface area contributed by atoms with Crippen LogP contribution < -0.4 is 16.6 Å². The number of nitrogens with two attached hydrogens (primary N) is 1. The predicted molar refractivity (Wildman–Crippen MR) is 77.8 cm³/mol. The van der Waals surface area contributed by atoms with Gasteiger partial charge in [-0.15, -0.1) is 0 Å². The van der Waals surface area contributed by atoms with Crippen molar-refractivity contribution in [1.29, 1.82) is 0 Å². The van der Waals surface area contributed by atoms with Gasteiger partial charge in [-0.2, -0.15) is 4.98 Å². The summed E-state index contributed by atoms with van der Waals surface area (Å²) in [6.07, 6.45) is 1.75. The van der Waals surface area contributed by atoms with Crippen LogP contribution in [0.1, 0.15) is 29.7 Å². The highest BCUT2D eigenvalue weighted by molar-refractivity contribution is 5.48. The lowest BCUT2D eigenvalue weighted by Gasteiger charge is -2.18.